The van der Waals surface area contributed by atoms with Crippen LogP contribution in [0.25, 0.3) is 0 Å². The number of morpholine rings is 1. The van der Waals surface area contributed by atoms with Crippen LogP contribution in [0.15, 0.2) is 22.1 Å². The van der Waals surface area contributed by atoms with Gasteiger partial charge in [-0.25, -0.2) is 4.99 Å². The number of hydrogen-bond donors (Lipinski definition) is 3. The maximum Gasteiger partial charge on any atom is 0.260 e. The molecule has 0 unspecified atom stereocenters. The molecule has 1 aliphatic heterocycles. The molecule has 0 atom stereocenters. The Kier molecular flexibility index (Phi) is 6.18. The Morgan fingerprint density at radius 2 is 1.80 bits per heavy atom. The highest BCUT2D eigenvalue weighted by Crippen LogP contribution is 2.28. The van der Waals surface area contributed by atoms with Gasteiger partial charge in [0.05, 0.1) is 18.9 Å². The number of carbonyl (C=O) groups is 1. The van der Waals surface area contributed by atoms with E-state index in [-0.39, 0.29) is 24.4 Å². The molecule has 6 N–H and O–H groups in total. The third-order valence-electron chi connectivity index (χ3n) is 3.64. The Labute approximate surface area is 146 Å². The molecule has 9 nitrogen and oxygen atoms in total. The molecule has 0 saturated carbocycles. The summed E-state index contributed by atoms with van der Waals surface area (Å²) in [4.78, 5) is 21.7. The number of carbonyl (C=O) groups excluding carboxylic acids is 1. The molecule has 0 aromatic heterocycles. The maximum atomic E-state index is 12.2. The predicted octanol–water partition coefficient (Wildman–Crippen LogP) is -0.239. The van der Waals surface area contributed by atoms with E-state index in [0.29, 0.717) is 37.7 Å². The fourth-order valence-corrected chi connectivity index (χ4v) is 2.55. The smallest absolute Gasteiger partial charge is 0.260 e. The highest BCUT2D eigenvalue weighted by molar-refractivity contribution is 5.93. The Morgan fingerprint density at radius 1 is 1.20 bits per heavy atom. The number of guanidine groups is 2. The number of aryl methyl sites for hydroxylation is 2. The number of ether oxygens (including phenoxy) is 2. The highest BCUT2D eigenvalue weighted by Gasteiger charge is 2.18. The van der Waals surface area contributed by atoms with E-state index in [1.54, 1.807) is 17.0 Å². The zero-order valence-electron chi connectivity index (χ0n) is 14.5. The van der Waals surface area contributed by atoms with Crippen molar-refractivity contribution in [2.45, 2.75) is 13.8 Å². The van der Waals surface area contributed by atoms with Gasteiger partial charge < -0.3 is 31.6 Å². The van der Waals surface area contributed by atoms with Crippen molar-refractivity contribution in [1.82, 2.24) is 4.90 Å². The van der Waals surface area contributed by atoms with E-state index in [1.807, 2.05) is 13.8 Å². The van der Waals surface area contributed by atoms with Gasteiger partial charge in [-0.3, -0.25) is 4.79 Å². The zero-order valence-corrected chi connectivity index (χ0v) is 14.5. The number of benzene rings is 1. The number of nitrogens with zero attached hydrogens (tertiary/aromatic N) is 3. The second-order valence-electron chi connectivity index (χ2n) is 5.70. The molecular formula is C16H24N6O3. The molecule has 1 aromatic rings. The molecule has 1 heterocycles. The van der Waals surface area contributed by atoms with Crippen molar-refractivity contribution in [2.75, 3.05) is 32.9 Å². The summed E-state index contributed by atoms with van der Waals surface area (Å²) in [6, 6.07) is 3.58. The van der Waals surface area contributed by atoms with Crippen molar-refractivity contribution in [3.63, 3.8) is 0 Å². The van der Waals surface area contributed by atoms with Gasteiger partial charge in [-0.1, -0.05) is 0 Å². The average Bonchev–Trinajstić information content (AvgIpc) is 2.53. The third kappa shape index (κ3) is 5.35. The van der Waals surface area contributed by atoms with Crippen molar-refractivity contribution in [3.8, 4) is 5.75 Å². The zero-order chi connectivity index (χ0) is 18.4. The first-order valence-electron chi connectivity index (χ1n) is 7.90. The predicted molar refractivity (Wildman–Crippen MR) is 95.9 cm³/mol. The van der Waals surface area contributed by atoms with Crippen LogP contribution in [-0.2, 0) is 9.53 Å². The molecule has 1 saturated heterocycles. The van der Waals surface area contributed by atoms with Crippen LogP contribution in [0.1, 0.15) is 11.1 Å². The lowest BCUT2D eigenvalue weighted by Crippen LogP contribution is -2.43. The normalized spacial score (nSPS) is 15.0. The SMILES string of the molecule is Cc1cc(N=C(N)N=C(N)N)cc(C)c1OCC(=O)N1CCOCC1. The fourth-order valence-electron chi connectivity index (χ4n) is 2.55. The monoisotopic (exact) mass is 348 g/mol. The van der Waals surface area contributed by atoms with Gasteiger partial charge in [-0.15, -0.1) is 0 Å². The molecule has 2 rings (SSSR count). The third-order valence-corrected chi connectivity index (χ3v) is 3.64. The molecule has 0 spiro atoms. The highest BCUT2D eigenvalue weighted by atomic mass is 16.5. The summed E-state index contributed by atoms with van der Waals surface area (Å²) < 4.78 is 11.0. The second-order valence-corrected chi connectivity index (χ2v) is 5.70. The van der Waals surface area contributed by atoms with Crippen LogP contribution in [0.3, 0.4) is 0 Å². The van der Waals surface area contributed by atoms with Crippen molar-refractivity contribution < 1.29 is 14.3 Å². The Bertz CT molecular complexity index is 668. The van der Waals surface area contributed by atoms with Gasteiger partial charge in [0.25, 0.3) is 5.91 Å². The number of rotatable bonds is 4. The van der Waals surface area contributed by atoms with Crippen LogP contribution in [0.4, 0.5) is 5.69 Å². The number of nitrogens with two attached hydrogens (primary N) is 3. The van der Waals surface area contributed by atoms with Gasteiger partial charge in [0.15, 0.2) is 12.6 Å². The summed E-state index contributed by atoms with van der Waals surface area (Å²) in [6.45, 7) is 6.05. The van der Waals surface area contributed by atoms with Gasteiger partial charge >= 0.3 is 0 Å². The van der Waals surface area contributed by atoms with Crippen molar-refractivity contribution in [3.05, 3.63) is 23.3 Å². The largest absolute Gasteiger partial charge is 0.483 e. The van der Waals surface area contributed by atoms with Gasteiger partial charge in [0.2, 0.25) is 5.96 Å². The van der Waals surface area contributed by atoms with E-state index in [1.165, 1.54) is 0 Å². The van der Waals surface area contributed by atoms with E-state index < -0.39 is 0 Å². The van der Waals surface area contributed by atoms with E-state index in [0.717, 1.165) is 11.1 Å². The summed E-state index contributed by atoms with van der Waals surface area (Å²) in [5, 5.41) is 0. The lowest BCUT2D eigenvalue weighted by Gasteiger charge is -2.27. The lowest BCUT2D eigenvalue weighted by molar-refractivity contribution is -0.137. The number of hydrogen-bond acceptors (Lipinski definition) is 4. The number of aliphatic imine (C=N–C) groups is 2. The summed E-state index contributed by atoms with van der Waals surface area (Å²) in [6.07, 6.45) is 0. The van der Waals surface area contributed by atoms with Crippen LogP contribution < -0.4 is 21.9 Å². The standard InChI is InChI=1S/C16H24N6O3/c1-10-7-12(20-16(19)21-15(17)18)8-11(2)14(10)25-9-13(23)22-3-5-24-6-4-22/h7-8H,3-6,9H2,1-2H3,(H6,17,18,19,20,21). The van der Waals surface area contributed by atoms with E-state index in [4.69, 9.17) is 26.7 Å². The minimum atomic E-state index is -0.156. The summed E-state index contributed by atoms with van der Waals surface area (Å²) >= 11 is 0. The van der Waals surface area contributed by atoms with E-state index >= 15 is 0 Å². The molecule has 9 heteroatoms. The molecule has 25 heavy (non-hydrogen) atoms. The van der Waals surface area contributed by atoms with Crippen LogP contribution in [0, 0.1) is 13.8 Å². The molecule has 0 aliphatic carbocycles. The second kappa shape index (κ2) is 8.34. The van der Waals surface area contributed by atoms with Crippen molar-refractivity contribution in [1.29, 1.82) is 0 Å². The molecule has 0 radical (unpaired) electrons. The minimum Gasteiger partial charge on any atom is -0.483 e. The molecular weight excluding hydrogens is 324 g/mol. The van der Waals surface area contributed by atoms with Gasteiger partial charge in [0, 0.05) is 13.1 Å². The number of amides is 1. The Hall–Kier alpha value is -2.81. The van der Waals surface area contributed by atoms with Gasteiger partial charge in [-0.2, -0.15) is 4.99 Å². The van der Waals surface area contributed by atoms with Crippen molar-refractivity contribution in [2.24, 2.45) is 27.2 Å². The molecule has 1 aliphatic rings. The topological polar surface area (TPSA) is 142 Å². The summed E-state index contributed by atoms with van der Waals surface area (Å²) in [5.74, 6) is 0.411. The molecule has 1 aromatic carbocycles. The Morgan fingerprint density at radius 3 is 2.36 bits per heavy atom. The van der Waals surface area contributed by atoms with Gasteiger partial charge in [-0.05, 0) is 37.1 Å². The van der Waals surface area contributed by atoms with Crippen LogP contribution in [0.5, 0.6) is 5.75 Å². The maximum absolute atomic E-state index is 12.2. The van der Waals surface area contributed by atoms with E-state index in [9.17, 15) is 4.79 Å². The minimum absolute atomic E-state index is 0.0135. The summed E-state index contributed by atoms with van der Waals surface area (Å²) in [5.41, 5.74) is 18.4. The van der Waals surface area contributed by atoms with Gasteiger partial charge in [0.1, 0.15) is 5.75 Å². The molecule has 1 amide bonds. The average molecular weight is 348 g/mol. The molecule has 1 fully saturated rings. The molecule has 136 valence electrons. The van der Waals surface area contributed by atoms with Crippen LogP contribution in [-0.4, -0.2) is 55.6 Å². The summed E-state index contributed by atoms with van der Waals surface area (Å²) in [7, 11) is 0. The first kappa shape index (κ1) is 18.5. The quantitative estimate of drug-likeness (QED) is 0.506. The molecule has 0 bridgehead atoms. The van der Waals surface area contributed by atoms with Crippen molar-refractivity contribution >= 4 is 23.5 Å². The first-order chi connectivity index (χ1) is 11.9. The van der Waals surface area contributed by atoms with Crippen LogP contribution in [0.2, 0.25) is 0 Å². The van der Waals surface area contributed by atoms with E-state index in [2.05, 4.69) is 9.98 Å². The first-order valence-corrected chi connectivity index (χ1v) is 7.90. The fraction of sp³-hybridized carbons (Fsp3) is 0.438. The Balaban J connectivity index is 2.07. The lowest BCUT2D eigenvalue weighted by atomic mass is 10.1. The van der Waals surface area contributed by atoms with Crippen LogP contribution >= 0.6 is 0 Å².